The van der Waals surface area contributed by atoms with Crippen LogP contribution in [0.5, 0.6) is 11.5 Å². The predicted octanol–water partition coefficient (Wildman–Crippen LogP) is 3.02. The summed E-state index contributed by atoms with van der Waals surface area (Å²) in [5.41, 5.74) is -0.657. The third kappa shape index (κ3) is 3.46. The Morgan fingerprint density at radius 1 is 1.14 bits per heavy atom. The van der Waals surface area contributed by atoms with Crippen LogP contribution in [-0.4, -0.2) is 20.5 Å². The van der Waals surface area contributed by atoms with Gasteiger partial charge in [0.15, 0.2) is 4.90 Å². The summed E-state index contributed by atoms with van der Waals surface area (Å²) in [5.74, 6) is 0.363. The summed E-state index contributed by atoms with van der Waals surface area (Å²) in [7, 11) is -2.97. The SMILES string of the molecule is COc1cccc(OS(=O)(=O)c2ccc(Cl)cc2[N+](=O)[O-])c1. The molecule has 0 saturated heterocycles. The molecule has 0 aromatic heterocycles. The van der Waals surface area contributed by atoms with Gasteiger partial charge in [0.2, 0.25) is 0 Å². The van der Waals surface area contributed by atoms with Crippen molar-refractivity contribution in [1.82, 2.24) is 0 Å². The number of ether oxygens (including phenoxy) is 1. The van der Waals surface area contributed by atoms with Crippen LogP contribution in [0.15, 0.2) is 47.4 Å². The maximum atomic E-state index is 12.2. The average Bonchev–Trinajstić information content (AvgIpc) is 2.46. The van der Waals surface area contributed by atoms with E-state index in [0.29, 0.717) is 5.75 Å². The van der Waals surface area contributed by atoms with Gasteiger partial charge in [-0.1, -0.05) is 17.7 Å². The molecule has 7 nitrogen and oxygen atoms in total. The molecule has 0 unspecified atom stereocenters. The molecule has 0 aliphatic rings. The molecular formula is C13H10ClNO6S. The number of benzene rings is 2. The Kier molecular flexibility index (Phi) is 4.53. The van der Waals surface area contributed by atoms with E-state index in [2.05, 4.69) is 0 Å². The Hall–Kier alpha value is -2.32. The zero-order chi connectivity index (χ0) is 16.3. The van der Waals surface area contributed by atoms with Crippen LogP contribution in [0.4, 0.5) is 5.69 Å². The predicted molar refractivity (Wildman–Crippen MR) is 78.9 cm³/mol. The van der Waals surface area contributed by atoms with E-state index in [1.807, 2.05) is 0 Å². The summed E-state index contributed by atoms with van der Waals surface area (Å²) in [4.78, 5) is 9.56. The number of hydrogen-bond donors (Lipinski definition) is 0. The summed E-state index contributed by atoms with van der Waals surface area (Å²) in [6.45, 7) is 0. The molecule has 22 heavy (non-hydrogen) atoms. The Balaban J connectivity index is 2.44. The van der Waals surface area contributed by atoms with Crippen molar-refractivity contribution in [2.45, 2.75) is 4.90 Å². The van der Waals surface area contributed by atoms with E-state index in [-0.39, 0.29) is 10.8 Å². The Labute approximate surface area is 131 Å². The summed E-state index contributed by atoms with van der Waals surface area (Å²) < 4.78 is 34.3. The molecule has 2 rings (SSSR count). The fourth-order valence-corrected chi connectivity index (χ4v) is 2.91. The van der Waals surface area contributed by atoms with Crippen LogP contribution in [0.3, 0.4) is 0 Å². The third-order valence-corrected chi connectivity index (χ3v) is 4.17. The number of hydrogen-bond acceptors (Lipinski definition) is 6. The zero-order valence-corrected chi connectivity index (χ0v) is 12.8. The first kappa shape index (κ1) is 16.1. The van der Waals surface area contributed by atoms with E-state index in [1.165, 1.54) is 31.4 Å². The minimum Gasteiger partial charge on any atom is -0.497 e. The van der Waals surface area contributed by atoms with Crippen molar-refractivity contribution in [2.24, 2.45) is 0 Å². The van der Waals surface area contributed by atoms with E-state index in [4.69, 9.17) is 20.5 Å². The molecule has 0 spiro atoms. The average molecular weight is 344 g/mol. The lowest BCUT2D eigenvalue weighted by Crippen LogP contribution is -2.12. The molecule has 116 valence electrons. The van der Waals surface area contributed by atoms with Gasteiger partial charge >= 0.3 is 10.1 Å². The Morgan fingerprint density at radius 2 is 1.82 bits per heavy atom. The fourth-order valence-electron chi connectivity index (χ4n) is 1.67. The molecule has 9 heteroatoms. The van der Waals surface area contributed by atoms with Crippen LogP contribution >= 0.6 is 11.6 Å². The van der Waals surface area contributed by atoms with Gasteiger partial charge in [-0.2, -0.15) is 8.42 Å². The number of methoxy groups -OCH3 is 1. The molecule has 0 saturated carbocycles. The molecule has 2 aromatic rings. The monoisotopic (exact) mass is 343 g/mol. The summed E-state index contributed by atoms with van der Waals surface area (Å²) in [5, 5.41) is 11.0. The highest BCUT2D eigenvalue weighted by atomic mass is 35.5. The first-order chi connectivity index (χ1) is 10.3. The second-order valence-corrected chi connectivity index (χ2v) is 6.04. The number of nitrogens with zero attached hydrogens (tertiary/aromatic N) is 1. The number of halogens is 1. The van der Waals surface area contributed by atoms with Crippen LogP contribution in [0.25, 0.3) is 0 Å². The molecular weight excluding hydrogens is 334 g/mol. The molecule has 2 aromatic carbocycles. The van der Waals surface area contributed by atoms with Gasteiger partial charge in [0.25, 0.3) is 5.69 Å². The maximum Gasteiger partial charge on any atom is 0.346 e. The van der Waals surface area contributed by atoms with Gasteiger partial charge in [-0.3, -0.25) is 10.1 Å². The van der Waals surface area contributed by atoms with Crippen LogP contribution in [-0.2, 0) is 10.1 Å². The number of nitro benzene ring substituents is 1. The Morgan fingerprint density at radius 3 is 2.45 bits per heavy atom. The molecule has 0 aliphatic heterocycles. The molecule has 0 atom stereocenters. The van der Waals surface area contributed by atoms with E-state index >= 15 is 0 Å². The van der Waals surface area contributed by atoms with E-state index in [0.717, 1.165) is 12.1 Å². The largest absolute Gasteiger partial charge is 0.497 e. The van der Waals surface area contributed by atoms with Crippen LogP contribution < -0.4 is 8.92 Å². The first-order valence-electron chi connectivity index (χ1n) is 5.86. The van der Waals surface area contributed by atoms with Crippen molar-refractivity contribution in [3.05, 3.63) is 57.6 Å². The van der Waals surface area contributed by atoms with E-state index < -0.39 is 25.6 Å². The van der Waals surface area contributed by atoms with Crippen molar-refractivity contribution in [2.75, 3.05) is 7.11 Å². The molecule has 0 aliphatic carbocycles. The van der Waals surface area contributed by atoms with Gasteiger partial charge in [0.1, 0.15) is 11.5 Å². The number of nitro groups is 1. The minimum atomic E-state index is -4.39. The van der Waals surface area contributed by atoms with Gasteiger partial charge < -0.3 is 8.92 Å². The topological polar surface area (TPSA) is 95.7 Å². The summed E-state index contributed by atoms with van der Waals surface area (Å²) in [6.07, 6.45) is 0. The molecule has 0 amide bonds. The highest BCUT2D eigenvalue weighted by Crippen LogP contribution is 2.30. The standard InChI is InChI=1S/C13H10ClNO6S/c1-20-10-3-2-4-11(8-10)21-22(18,19)13-6-5-9(14)7-12(13)15(16)17/h2-8H,1H3. The van der Waals surface area contributed by atoms with Crippen molar-refractivity contribution in [3.63, 3.8) is 0 Å². The Bertz CT molecular complexity index is 821. The van der Waals surface area contributed by atoms with Gasteiger partial charge in [-0.05, 0) is 24.3 Å². The molecule has 0 bridgehead atoms. The van der Waals surface area contributed by atoms with E-state index in [9.17, 15) is 18.5 Å². The number of rotatable bonds is 5. The highest BCUT2D eigenvalue weighted by Gasteiger charge is 2.28. The third-order valence-electron chi connectivity index (χ3n) is 2.63. The van der Waals surface area contributed by atoms with Gasteiger partial charge in [0, 0.05) is 17.2 Å². The highest BCUT2D eigenvalue weighted by molar-refractivity contribution is 7.87. The van der Waals surface area contributed by atoms with Crippen LogP contribution in [0, 0.1) is 10.1 Å². The van der Waals surface area contributed by atoms with Gasteiger partial charge in [-0.15, -0.1) is 0 Å². The van der Waals surface area contributed by atoms with Crippen LogP contribution in [0.1, 0.15) is 0 Å². The minimum absolute atomic E-state index is 0.0244. The summed E-state index contributed by atoms with van der Waals surface area (Å²) >= 11 is 5.65. The zero-order valence-electron chi connectivity index (χ0n) is 11.2. The molecule has 0 radical (unpaired) electrons. The van der Waals surface area contributed by atoms with Crippen molar-refractivity contribution in [1.29, 1.82) is 0 Å². The van der Waals surface area contributed by atoms with Crippen molar-refractivity contribution in [3.8, 4) is 11.5 Å². The van der Waals surface area contributed by atoms with Crippen molar-refractivity contribution < 1.29 is 22.3 Å². The lowest BCUT2D eigenvalue weighted by Gasteiger charge is -2.08. The van der Waals surface area contributed by atoms with Crippen LogP contribution in [0.2, 0.25) is 5.02 Å². The fraction of sp³-hybridized carbons (Fsp3) is 0.0769. The quantitative estimate of drug-likeness (QED) is 0.470. The van der Waals surface area contributed by atoms with Gasteiger partial charge in [0.05, 0.1) is 12.0 Å². The maximum absolute atomic E-state index is 12.2. The normalized spacial score (nSPS) is 11.0. The summed E-state index contributed by atoms with van der Waals surface area (Å²) in [6, 6.07) is 9.07. The first-order valence-corrected chi connectivity index (χ1v) is 7.64. The molecule has 0 N–H and O–H groups in total. The molecule has 0 heterocycles. The molecule has 0 fully saturated rings. The van der Waals surface area contributed by atoms with E-state index in [1.54, 1.807) is 6.07 Å². The second kappa shape index (κ2) is 6.20. The van der Waals surface area contributed by atoms with Crippen molar-refractivity contribution >= 4 is 27.4 Å². The van der Waals surface area contributed by atoms with Gasteiger partial charge in [-0.25, -0.2) is 0 Å². The smallest absolute Gasteiger partial charge is 0.346 e. The lowest BCUT2D eigenvalue weighted by molar-refractivity contribution is -0.387. The second-order valence-electron chi connectivity index (χ2n) is 4.09. The lowest BCUT2D eigenvalue weighted by atomic mass is 10.3.